The second-order valence-electron chi connectivity index (χ2n) is 1.29. The summed E-state index contributed by atoms with van der Waals surface area (Å²) in [6.45, 7) is 0. The van der Waals surface area contributed by atoms with Gasteiger partial charge in [0.05, 0.1) is 12.8 Å². The van der Waals surface area contributed by atoms with E-state index in [9.17, 15) is 9.59 Å². The molecule has 5 N–H and O–H groups in total. The normalized spacial score (nSPS) is 6.80. The van der Waals surface area contributed by atoms with Gasteiger partial charge in [0.25, 0.3) is 0 Å². The molecule has 0 saturated heterocycles. The third-order valence-corrected chi connectivity index (χ3v) is 0.553. The molecule has 6 heteroatoms. The quantitative estimate of drug-likeness (QED) is 0.559. The summed E-state index contributed by atoms with van der Waals surface area (Å²) >= 11 is 0. The average molecular weight is 169 g/mol. The molecule has 5 nitrogen and oxygen atoms in total. The number of hydrogen-bond acceptors (Lipinski definition) is 3. The standard InChI is InChI=1S/C4H6O4.H3N.H2S/c5-3(6)1-2-4(7)8;;/h1-2H2,(H,5,6)(H,7,8);1H3;1H2. The van der Waals surface area contributed by atoms with Crippen molar-refractivity contribution in [3.05, 3.63) is 0 Å². The van der Waals surface area contributed by atoms with Crippen LogP contribution < -0.4 is 6.15 Å². The second kappa shape index (κ2) is 8.25. The van der Waals surface area contributed by atoms with E-state index >= 15 is 0 Å². The van der Waals surface area contributed by atoms with Gasteiger partial charge in [0.15, 0.2) is 0 Å². The van der Waals surface area contributed by atoms with Crippen molar-refractivity contribution < 1.29 is 19.8 Å². The molecule has 0 radical (unpaired) electrons. The predicted molar refractivity (Wildman–Crippen MR) is 39.9 cm³/mol. The van der Waals surface area contributed by atoms with Gasteiger partial charge in [-0.05, 0) is 0 Å². The number of carboxylic acids is 2. The van der Waals surface area contributed by atoms with Crippen molar-refractivity contribution in [3.8, 4) is 0 Å². The van der Waals surface area contributed by atoms with Crippen LogP contribution in [0.5, 0.6) is 0 Å². The van der Waals surface area contributed by atoms with Gasteiger partial charge < -0.3 is 16.4 Å². The Bertz CT molecular complexity index is 102. The molecule has 62 valence electrons. The highest BCUT2D eigenvalue weighted by Gasteiger charge is 2.00. The van der Waals surface area contributed by atoms with Crippen molar-refractivity contribution in [3.63, 3.8) is 0 Å². The maximum Gasteiger partial charge on any atom is 0.303 e. The molecule has 0 atom stereocenters. The second-order valence-corrected chi connectivity index (χ2v) is 1.29. The van der Waals surface area contributed by atoms with Crippen molar-refractivity contribution in [2.45, 2.75) is 12.8 Å². The first-order chi connectivity index (χ1) is 3.63. The fraction of sp³-hybridized carbons (Fsp3) is 0.500. The summed E-state index contributed by atoms with van der Waals surface area (Å²) in [5, 5.41) is 15.8. The maximum atomic E-state index is 9.64. The Kier molecular flexibility index (Phi) is 13.3. The van der Waals surface area contributed by atoms with Crippen molar-refractivity contribution >= 4 is 25.4 Å². The zero-order valence-corrected chi connectivity index (χ0v) is 6.33. The third-order valence-electron chi connectivity index (χ3n) is 0.553. The minimum Gasteiger partial charge on any atom is -0.481 e. The summed E-state index contributed by atoms with van der Waals surface area (Å²) in [4.78, 5) is 19.3. The van der Waals surface area contributed by atoms with Crippen molar-refractivity contribution in [1.82, 2.24) is 6.15 Å². The first-order valence-corrected chi connectivity index (χ1v) is 2.06. The molecule has 0 heterocycles. The molecular weight excluding hydrogens is 158 g/mol. The summed E-state index contributed by atoms with van der Waals surface area (Å²) in [6, 6.07) is 0. The highest BCUT2D eigenvalue weighted by molar-refractivity contribution is 7.59. The lowest BCUT2D eigenvalue weighted by atomic mass is 10.3. The van der Waals surface area contributed by atoms with Crippen molar-refractivity contribution in [2.75, 3.05) is 0 Å². The highest BCUT2D eigenvalue weighted by atomic mass is 32.1. The molecule has 0 bridgehead atoms. The van der Waals surface area contributed by atoms with Gasteiger partial charge in [-0.1, -0.05) is 0 Å². The average Bonchev–Trinajstić information content (AvgIpc) is 1.61. The fourth-order valence-corrected chi connectivity index (χ4v) is 0.214. The molecule has 0 unspecified atom stereocenters. The molecule has 0 aliphatic rings. The van der Waals surface area contributed by atoms with Crippen LogP contribution in [-0.2, 0) is 9.59 Å². The first kappa shape index (κ1) is 16.1. The van der Waals surface area contributed by atoms with Gasteiger partial charge in [-0.15, -0.1) is 0 Å². The van der Waals surface area contributed by atoms with E-state index in [0.717, 1.165) is 0 Å². The predicted octanol–water partition coefficient (Wildman–Crippen LogP) is 0.211. The number of carboxylic acid groups (broad SMARTS) is 2. The Hall–Kier alpha value is -0.750. The zero-order chi connectivity index (χ0) is 6.57. The van der Waals surface area contributed by atoms with Crippen molar-refractivity contribution in [2.24, 2.45) is 0 Å². The van der Waals surface area contributed by atoms with E-state index in [4.69, 9.17) is 10.2 Å². The number of carbonyl (C=O) groups is 2. The van der Waals surface area contributed by atoms with Crippen molar-refractivity contribution in [1.29, 1.82) is 0 Å². The molecule has 0 saturated carbocycles. The molecule has 0 aromatic heterocycles. The van der Waals surface area contributed by atoms with Crippen LogP contribution in [0.25, 0.3) is 0 Å². The number of rotatable bonds is 3. The molecule has 0 rings (SSSR count). The van der Waals surface area contributed by atoms with Crippen LogP contribution >= 0.6 is 13.5 Å². The van der Waals surface area contributed by atoms with E-state index in [0.29, 0.717) is 0 Å². The summed E-state index contributed by atoms with van der Waals surface area (Å²) in [6.07, 6.45) is -0.593. The minimum absolute atomic E-state index is 0. The van der Waals surface area contributed by atoms with E-state index in [-0.39, 0.29) is 32.5 Å². The van der Waals surface area contributed by atoms with Gasteiger partial charge in [0, 0.05) is 0 Å². The molecule has 0 aliphatic carbocycles. The molecule has 0 amide bonds. The van der Waals surface area contributed by atoms with Crippen LogP contribution in [0.1, 0.15) is 12.8 Å². The lowest BCUT2D eigenvalue weighted by molar-refractivity contribution is -0.143. The fourth-order valence-electron chi connectivity index (χ4n) is 0.214. The number of hydrogen-bond donors (Lipinski definition) is 3. The Morgan fingerprint density at radius 1 is 1.00 bits per heavy atom. The molecule has 0 aliphatic heterocycles. The lowest BCUT2D eigenvalue weighted by Gasteiger charge is -1.85. The minimum atomic E-state index is -1.08. The van der Waals surface area contributed by atoms with Crippen LogP contribution in [0.4, 0.5) is 0 Å². The summed E-state index contributed by atoms with van der Waals surface area (Å²) < 4.78 is 0. The smallest absolute Gasteiger partial charge is 0.303 e. The Morgan fingerprint density at radius 3 is 1.30 bits per heavy atom. The Balaban J connectivity index is -0.000000245. The van der Waals surface area contributed by atoms with E-state index in [1.54, 1.807) is 0 Å². The third kappa shape index (κ3) is 15.7. The Labute approximate surface area is 65.1 Å². The van der Waals surface area contributed by atoms with Crippen LogP contribution in [0.2, 0.25) is 0 Å². The molecule has 0 spiro atoms. The zero-order valence-electron chi connectivity index (χ0n) is 5.33. The lowest BCUT2D eigenvalue weighted by Crippen LogP contribution is -2.00. The Morgan fingerprint density at radius 2 is 1.20 bits per heavy atom. The maximum absolute atomic E-state index is 9.64. The van der Waals surface area contributed by atoms with Gasteiger partial charge in [-0.25, -0.2) is 0 Å². The molecule has 0 fully saturated rings. The molecule has 0 aromatic rings. The van der Waals surface area contributed by atoms with E-state index in [1.165, 1.54) is 0 Å². The van der Waals surface area contributed by atoms with Gasteiger partial charge in [-0.2, -0.15) is 13.5 Å². The topological polar surface area (TPSA) is 110 Å². The van der Waals surface area contributed by atoms with E-state index < -0.39 is 11.9 Å². The summed E-state index contributed by atoms with van der Waals surface area (Å²) in [7, 11) is 0. The van der Waals surface area contributed by atoms with Gasteiger partial charge >= 0.3 is 11.9 Å². The summed E-state index contributed by atoms with van der Waals surface area (Å²) in [5.74, 6) is -2.15. The molecular formula is C4H11NO4S. The van der Waals surface area contributed by atoms with E-state index in [2.05, 4.69) is 0 Å². The summed E-state index contributed by atoms with van der Waals surface area (Å²) in [5.41, 5.74) is 0. The monoisotopic (exact) mass is 169 g/mol. The SMILES string of the molecule is N.O=C(O)CCC(=O)O.S. The van der Waals surface area contributed by atoms with E-state index in [1.807, 2.05) is 0 Å². The van der Waals surface area contributed by atoms with Gasteiger partial charge in [-0.3, -0.25) is 9.59 Å². The highest BCUT2D eigenvalue weighted by Crippen LogP contribution is 1.85. The van der Waals surface area contributed by atoms with Gasteiger partial charge in [0.1, 0.15) is 0 Å². The van der Waals surface area contributed by atoms with Crippen LogP contribution in [0.15, 0.2) is 0 Å². The largest absolute Gasteiger partial charge is 0.481 e. The van der Waals surface area contributed by atoms with Gasteiger partial charge in [0.2, 0.25) is 0 Å². The molecule has 10 heavy (non-hydrogen) atoms. The molecule has 0 aromatic carbocycles. The van der Waals surface area contributed by atoms with Crippen LogP contribution in [0.3, 0.4) is 0 Å². The van der Waals surface area contributed by atoms with Crippen LogP contribution in [-0.4, -0.2) is 22.2 Å². The number of aliphatic carboxylic acids is 2. The van der Waals surface area contributed by atoms with Crippen LogP contribution in [0, 0.1) is 0 Å². The first-order valence-electron chi connectivity index (χ1n) is 2.06.